The topological polar surface area (TPSA) is 35.5 Å². The van der Waals surface area contributed by atoms with Gasteiger partial charge in [0.15, 0.2) is 5.78 Å². The molecule has 1 rings (SSSR count). The minimum absolute atomic E-state index is 0.0741. The van der Waals surface area contributed by atoms with Gasteiger partial charge in [-0.25, -0.2) is 0 Å². The van der Waals surface area contributed by atoms with Gasteiger partial charge in [0, 0.05) is 13.7 Å². The molecular weight excluding hydrogens is 144 g/mol. The highest BCUT2D eigenvalue weighted by Crippen LogP contribution is 2.14. The van der Waals surface area contributed by atoms with Gasteiger partial charge < -0.3 is 9.47 Å². The van der Waals surface area contributed by atoms with Crippen LogP contribution < -0.4 is 0 Å². The Hall–Kier alpha value is -0.410. The Morgan fingerprint density at radius 3 is 2.91 bits per heavy atom. The summed E-state index contributed by atoms with van der Waals surface area (Å²) in [6.45, 7) is 2.47. The number of ketones is 1. The number of hydrogen-bond donors (Lipinski definition) is 0. The Morgan fingerprint density at radius 2 is 2.45 bits per heavy atom. The average molecular weight is 158 g/mol. The quantitative estimate of drug-likeness (QED) is 0.608. The summed E-state index contributed by atoms with van der Waals surface area (Å²) >= 11 is 0. The first kappa shape index (κ1) is 8.68. The minimum atomic E-state index is -0.321. The van der Waals surface area contributed by atoms with E-state index in [9.17, 15) is 4.79 Å². The third-order valence-electron chi connectivity index (χ3n) is 2.00. The predicted octanol–water partition coefficient (Wildman–Crippen LogP) is 0.769. The maximum absolute atomic E-state index is 11.3. The molecule has 0 bridgehead atoms. The van der Waals surface area contributed by atoms with E-state index in [0.717, 1.165) is 12.8 Å². The van der Waals surface area contributed by atoms with Crippen molar-refractivity contribution in [2.24, 2.45) is 0 Å². The lowest BCUT2D eigenvalue weighted by molar-refractivity contribution is -0.137. The molecule has 0 spiro atoms. The van der Waals surface area contributed by atoms with Crippen LogP contribution in [-0.4, -0.2) is 31.7 Å². The molecule has 0 radical (unpaired) electrons. The van der Waals surface area contributed by atoms with Crippen LogP contribution in [0.4, 0.5) is 0 Å². The van der Waals surface area contributed by atoms with Gasteiger partial charge >= 0.3 is 0 Å². The molecule has 2 unspecified atom stereocenters. The lowest BCUT2D eigenvalue weighted by atomic mass is 10.1. The number of ether oxygens (including phenoxy) is 2. The number of methoxy groups -OCH3 is 1. The lowest BCUT2D eigenvalue weighted by Crippen LogP contribution is -2.30. The number of Topliss-reactive ketones (excluding diaryl/α,β-unsaturated/α-hetero) is 1. The number of hydrogen-bond acceptors (Lipinski definition) is 3. The fourth-order valence-electron chi connectivity index (χ4n) is 1.18. The zero-order valence-electron chi connectivity index (χ0n) is 7.00. The fraction of sp³-hybridized carbons (Fsp3) is 0.875. The van der Waals surface area contributed by atoms with E-state index in [1.807, 2.05) is 0 Å². The second kappa shape index (κ2) is 3.83. The highest BCUT2D eigenvalue weighted by Gasteiger charge is 2.27. The molecule has 1 fully saturated rings. The van der Waals surface area contributed by atoms with Crippen molar-refractivity contribution < 1.29 is 14.3 Å². The molecule has 1 aliphatic rings. The van der Waals surface area contributed by atoms with Crippen LogP contribution in [0.5, 0.6) is 0 Å². The van der Waals surface area contributed by atoms with Gasteiger partial charge in [-0.1, -0.05) is 0 Å². The second-order valence-electron chi connectivity index (χ2n) is 2.78. The minimum Gasteiger partial charge on any atom is -0.374 e. The molecule has 0 aromatic carbocycles. The molecule has 0 saturated carbocycles. The highest BCUT2D eigenvalue weighted by atomic mass is 16.5. The molecule has 64 valence electrons. The molecular formula is C8H14O3. The normalized spacial score (nSPS) is 26.9. The number of carbonyl (C=O) groups excluding carboxylic acids is 1. The van der Waals surface area contributed by atoms with Gasteiger partial charge in [-0.2, -0.15) is 0 Å². The first-order valence-corrected chi connectivity index (χ1v) is 3.94. The monoisotopic (exact) mass is 158 g/mol. The van der Waals surface area contributed by atoms with Gasteiger partial charge in [0.2, 0.25) is 0 Å². The molecule has 3 nitrogen and oxygen atoms in total. The van der Waals surface area contributed by atoms with Gasteiger partial charge in [-0.15, -0.1) is 0 Å². The standard InChI is InChI=1S/C8H14O3/c1-6(10-2)8(9)7-4-3-5-11-7/h6-7H,3-5H2,1-2H3. The largest absolute Gasteiger partial charge is 0.374 e. The summed E-state index contributed by atoms with van der Waals surface area (Å²) in [6, 6.07) is 0. The average Bonchev–Trinajstić information content (AvgIpc) is 2.53. The molecule has 1 saturated heterocycles. The Bertz CT molecular complexity index is 138. The zero-order chi connectivity index (χ0) is 8.27. The van der Waals surface area contributed by atoms with Crippen molar-refractivity contribution >= 4 is 5.78 Å². The Labute approximate surface area is 66.7 Å². The first-order chi connectivity index (χ1) is 5.25. The van der Waals surface area contributed by atoms with Crippen molar-refractivity contribution in [3.8, 4) is 0 Å². The maximum Gasteiger partial charge on any atom is 0.189 e. The van der Waals surface area contributed by atoms with Crippen molar-refractivity contribution in [1.29, 1.82) is 0 Å². The second-order valence-corrected chi connectivity index (χ2v) is 2.78. The molecule has 0 aromatic rings. The summed E-state index contributed by atoms with van der Waals surface area (Å²) in [5.41, 5.74) is 0. The van der Waals surface area contributed by atoms with Crippen LogP contribution in [0, 0.1) is 0 Å². The van der Waals surface area contributed by atoms with Crippen LogP contribution in [0.3, 0.4) is 0 Å². The Morgan fingerprint density at radius 1 is 1.73 bits per heavy atom. The van der Waals surface area contributed by atoms with Gasteiger partial charge in [0.25, 0.3) is 0 Å². The van der Waals surface area contributed by atoms with Crippen molar-refractivity contribution in [3.05, 3.63) is 0 Å². The molecule has 0 N–H and O–H groups in total. The number of rotatable bonds is 3. The van der Waals surface area contributed by atoms with Crippen LogP contribution in [0.2, 0.25) is 0 Å². The molecule has 0 amide bonds. The van der Waals surface area contributed by atoms with Crippen LogP contribution in [0.25, 0.3) is 0 Å². The van der Waals surface area contributed by atoms with E-state index in [-0.39, 0.29) is 18.0 Å². The van der Waals surface area contributed by atoms with Gasteiger partial charge in [-0.05, 0) is 19.8 Å². The van der Waals surface area contributed by atoms with Gasteiger partial charge in [0.05, 0.1) is 0 Å². The highest BCUT2D eigenvalue weighted by molar-refractivity contribution is 5.87. The van der Waals surface area contributed by atoms with Gasteiger partial charge in [0.1, 0.15) is 12.2 Å². The van der Waals surface area contributed by atoms with E-state index in [2.05, 4.69) is 0 Å². The van der Waals surface area contributed by atoms with Crippen LogP contribution in [-0.2, 0) is 14.3 Å². The third-order valence-corrected chi connectivity index (χ3v) is 2.00. The predicted molar refractivity (Wildman–Crippen MR) is 40.5 cm³/mol. The third kappa shape index (κ3) is 2.01. The Balaban J connectivity index is 2.39. The van der Waals surface area contributed by atoms with E-state index >= 15 is 0 Å². The summed E-state index contributed by atoms with van der Waals surface area (Å²) in [5.74, 6) is 0.0741. The Kier molecular flexibility index (Phi) is 3.02. The van der Waals surface area contributed by atoms with Gasteiger partial charge in [-0.3, -0.25) is 4.79 Å². The molecule has 2 atom stereocenters. The molecule has 1 heterocycles. The molecule has 11 heavy (non-hydrogen) atoms. The molecule has 0 aliphatic carbocycles. The van der Waals surface area contributed by atoms with Crippen molar-refractivity contribution in [3.63, 3.8) is 0 Å². The van der Waals surface area contributed by atoms with E-state index in [4.69, 9.17) is 9.47 Å². The summed E-state index contributed by atoms with van der Waals surface area (Å²) in [4.78, 5) is 11.3. The molecule has 3 heteroatoms. The van der Waals surface area contributed by atoms with E-state index in [1.54, 1.807) is 6.92 Å². The SMILES string of the molecule is COC(C)C(=O)C1CCCO1. The van der Waals surface area contributed by atoms with Crippen LogP contribution >= 0.6 is 0 Å². The fourth-order valence-corrected chi connectivity index (χ4v) is 1.18. The molecule has 1 aliphatic heterocycles. The summed E-state index contributed by atoms with van der Waals surface area (Å²) in [5, 5.41) is 0. The summed E-state index contributed by atoms with van der Waals surface area (Å²) in [6.07, 6.45) is 1.32. The number of carbonyl (C=O) groups is 1. The van der Waals surface area contributed by atoms with E-state index < -0.39 is 0 Å². The maximum atomic E-state index is 11.3. The van der Waals surface area contributed by atoms with Crippen molar-refractivity contribution in [1.82, 2.24) is 0 Å². The summed E-state index contributed by atoms with van der Waals surface area (Å²) < 4.78 is 10.1. The van der Waals surface area contributed by atoms with Crippen molar-refractivity contribution in [2.75, 3.05) is 13.7 Å². The zero-order valence-corrected chi connectivity index (χ0v) is 7.00. The van der Waals surface area contributed by atoms with E-state index in [0.29, 0.717) is 6.61 Å². The van der Waals surface area contributed by atoms with Crippen LogP contribution in [0.1, 0.15) is 19.8 Å². The van der Waals surface area contributed by atoms with E-state index in [1.165, 1.54) is 7.11 Å². The first-order valence-electron chi connectivity index (χ1n) is 3.94. The van der Waals surface area contributed by atoms with Crippen molar-refractivity contribution in [2.45, 2.75) is 32.0 Å². The van der Waals surface area contributed by atoms with Crippen LogP contribution in [0.15, 0.2) is 0 Å². The smallest absolute Gasteiger partial charge is 0.189 e. The summed E-state index contributed by atoms with van der Waals surface area (Å²) in [7, 11) is 1.54. The molecule has 0 aromatic heterocycles. The lowest BCUT2D eigenvalue weighted by Gasteiger charge is -2.12.